The fraction of sp³-hybridized carbons (Fsp3) is 0.478. The van der Waals surface area contributed by atoms with Gasteiger partial charge < -0.3 is 5.32 Å². The minimum Gasteiger partial charge on any atom is -0.355 e. The maximum Gasteiger partial charge on any atom is 0.234 e. The van der Waals surface area contributed by atoms with Gasteiger partial charge in [0.2, 0.25) is 5.91 Å². The Labute approximate surface area is 168 Å². The Hall–Kier alpha value is -2.24. The Balaban J connectivity index is 1.32. The molecule has 0 unspecified atom stereocenters. The van der Waals surface area contributed by atoms with Crippen molar-refractivity contribution in [3.8, 4) is 0 Å². The molecule has 1 aliphatic heterocycles. The van der Waals surface area contributed by atoms with Crippen LogP contribution in [0.5, 0.6) is 0 Å². The van der Waals surface area contributed by atoms with E-state index >= 15 is 0 Å². The van der Waals surface area contributed by atoms with Crippen molar-refractivity contribution in [3.63, 3.8) is 0 Å². The van der Waals surface area contributed by atoms with Crippen LogP contribution in [0.3, 0.4) is 0 Å². The van der Waals surface area contributed by atoms with Gasteiger partial charge in [-0.3, -0.25) is 19.6 Å². The molecule has 28 heavy (non-hydrogen) atoms. The van der Waals surface area contributed by atoms with Crippen LogP contribution >= 0.6 is 0 Å². The Morgan fingerprint density at radius 3 is 2.39 bits per heavy atom. The Morgan fingerprint density at radius 1 is 1.04 bits per heavy atom. The lowest BCUT2D eigenvalue weighted by Crippen LogP contribution is -2.49. The number of benzene rings is 1. The predicted octanol–water partition coefficient (Wildman–Crippen LogP) is 2.68. The smallest absolute Gasteiger partial charge is 0.234 e. The summed E-state index contributed by atoms with van der Waals surface area (Å²) < 4.78 is 0. The molecule has 1 N–H and O–H groups in total. The SMILES string of the molecule is CC(C)c1ccc(CCNC(=O)CN2CCN(Cc3ccccn3)CC2)cc1. The van der Waals surface area contributed by atoms with E-state index in [1.165, 1.54) is 11.1 Å². The standard InChI is InChI=1S/C23H32N4O/c1-19(2)21-8-6-20(7-9-21)10-12-25-23(28)18-27-15-13-26(14-16-27)17-22-5-3-4-11-24-22/h3-9,11,19H,10,12-18H2,1-2H3,(H,25,28). The van der Waals surface area contributed by atoms with E-state index in [-0.39, 0.29) is 5.91 Å². The van der Waals surface area contributed by atoms with Crippen molar-refractivity contribution >= 4 is 5.91 Å². The maximum atomic E-state index is 12.2. The molecule has 1 aliphatic rings. The van der Waals surface area contributed by atoms with E-state index in [2.05, 4.69) is 64.3 Å². The van der Waals surface area contributed by atoms with E-state index in [9.17, 15) is 4.79 Å². The normalized spacial score (nSPS) is 15.7. The van der Waals surface area contributed by atoms with Gasteiger partial charge in [-0.15, -0.1) is 0 Å². The van der Waals surface area contributed by atoms with Gasteiger partial charge in [-0.2, -0.15) is 0 Å². The first-order valence-corrected chi connectivity index (χ1v) is 10.3. The number of carbonyl (C=O) groups is 1. The molecule has 2 heterocycles. The van der Waals surface area contributed by atoms with E-state index in [1.807, 2.05) is 18.3 Å². The van der Waals surface area contributed by atoms with Gasteiger partial charge in [0.1, 0.15) is 0 Å². The van der Waals surface area contributed by atoms with Crippen molar-refractivity contribution in [3.05, 3.63) is 65.5 Å². The molecule has 1 aromatic heterocycles. The van der Waals surface area contributed by atoms with E-state index < -0.39 is 0 Å². The average molecular weight is 381 g/mol. The minimum atomic E-state index is 0.122. The van der Waals surface area contributed by atoms with Crippen molar-refractivity contribution in [2.45, 2.75) is 32.7 Å². The number of piperazine rings is 1. The number of aromatic nitrogens is 1. The number of nitrogens with one attached hydrogen (secondary N) is 1. The van der Waals surface area contributed by atoms with Crippen molar-refractivity contribution < 1.29 is 4.79 Å². The second-order valence-corrected chi connectivity index (χ2v) is 7.87. The molecule has 1 saturated heterocycles. The molecular formula is C23H32N4O. The number of amides is 1. The van der Waals surface area contributed by atoms with Crippen LogP contribution in [0.2, 0.25) is 0 Å². The van der Waals surface area contributed by atoms with Gasteiger partial charge in [-0.05, 0) is 35.6 Å². The van der Waals surface area contributed by atoms with Crippen LogP contribution in [0.25, 0.3) is 0 Å². The zero-order chi connectivity index (χ0) is 19.8. The van der Waals surface area contributed by atoms with Crippen molar-refractivity contribution in [2.75, 3.05) is 39.3 Å². The van der Waals surface area contributed by atoms with Crippen LogP contribution in [-0.2, 0) is 17.8 Å². The van der Waals surface area contributed by atoms with Crippen LogP contribution < -0.4 is 5.32 Å². The third kappa shape index (κ3) is 6.43. The molecule has 2 aromatic rings. The fourth-order valence-corrected chi connectivity index (χ4v) is 3.50. The van der Waals surface area contributed by atoms with Crippen molar-refractivity contribution in [1.82, 2.24) is 20.1 Å². The topological polar surface area (TPSA) is 48.5 Å². The molecular weight excluding hydrogens is 348 g/mol. The molecule has 150 valence electrons. The maximum absolute atomic E-state index is 12.2. The Morgan fingerprint density at radius 2 is 1.75 bits per heavy atom. The largest absolute Gasteiger partial charge is 0.355 e. The number of nitrogens with zero attached hydrogens (tertiary/aromatic N) is 3. The summed E-state index contributed by atoms with van der Waals surface area (Å²) in [6.07, 6.45) is 2.72. The molecule has 5 heteroatoms. The van der Waals surface area contributed by atoms with E-state index in [1.54, 1.807) is 0 Å². The van der Waals surface area contributed by atoms with Gasteiger partial charge in [-0.25, -0.2) is 0 Å². The third-order valence-electron chi connectivity index (χ3n) is 5.33. The lowest BCUT2D eigenvalue weighted by molar-refractivity contribution is -0.122. The number of hydrogen-bond acceptors (Lipinski definition) is 4. The quantitative estimate of drug-likeness (QED) is 0.765. The number of rotatable bonds is 8. The zero-order valence-electron chi connectivity index (χ0n) is 17.1. The molecule has 0 atom stereocenters. The molecule has 1 amide bonds. The Bertz CT molecular complexity index is 722. The second kappa shape index (κ2) is 10.3. The van der Waals surface area contributed by atoms with E-state index in [0.717, 1.165) is 44.8 Å². The third-order valence-corrected chi connectivity index (χ3v) is 5.33. The highest BCUT2D eigenvalue weighted by Gasteiger charge is 2.19. The highest BCUT2D eigenvalue weighted by molar-refractivity contribution is 5.78. The minimum absolute atomic E-state index is 0.122. The van der Waals surface area contributed by atoms with Gasteiger partial charge in [0.05, 0.1) is 12.2 Å². The molecule has 0 saturated carbocycles. The highest BCUT2D eigenvalue weighted by Crippen LogP contribution is 2.14. The first-order valence-electron chi connectivity index (χ1n) is 10.3. The van der Waals surface area contributed by atoms with Crippen LogP contribution in [-0.4, -0.2) is 60.0 Å². The number of hydrogen-bond donors (Lipinski definition) is 1. The van der Waals surface area contributed by atoms with Crippen LogP contribution in [0, 0.1) is 0 Å². The summed E-state index contributed by atoms with van der Waals surface area (Å²) in [6, 6.07) is 14.8. The lowest BCUT2D eigenvalue weighted by atomic mass is 10.0. The Kier molecular flexibility index (Phi) is 7.57. The summed E-state index contributed by atoms with van der Waals surface area (Å²) in [5, 5.41) is 3.06. The summed E-state index contributed by atoms with van der Waals surface area (Å²) in [6.45, 7) is 10.3. The van der Waals surface area contributed by atoms with Crippen LogP contribution in [0.15, 0.2) is 48.7 Å². The van der Waals surface area contributed by atoms with Crippen LogP contribution in [0.4, 0.5) is 0 Å². The summed E-state index contributed by atoms with van der Waals surface area (Å²) in [4.78, 5) is 21.3. The molecule has 0 bridgehead atoms. The molecule has 5 nitrogen and oxygen atoms in total. The zero-order valence-corrected chi connectivity index (χ0v) is 17.1. The first kappa shape index (κ1) is 20.5. The number of carbonyl (C=O) groups excluding carboxylic acids is 1. The monoisotopic (exact) mass is 380 g/mol. The average Bonchev–Trinajstić information content (AvgIpc) is 2.71. The highest BCUT2D eigenvalue weighted by atomic mass is 16.2. The molecule has 0 aliphatic carbocycles. The second-order valence-electron chi connectivity index (χ2n) is 7.87. The van der Waals surface area contributed by atoms with Gasteiger partial charge in [0.25, 0.3) is 0 Å². The molecule has 3 rings (SSSR count). The molecule has 1 aromatic carbocycles. The fourth-order valence-electron chi connectivity index (χ4n) is 3.50. The van der Waals surface area contributed by atoms with Crippen molar-refractivity contribution in [2.24, 2.45) is 0 Å². The van der Waals surface area contributed by atoms with Gasteiger partial charge in [0.15, 0.2) is 0 Å². The molecule has 0 radical (unpaired) electrons. The lowest BCUT2D eigenvalue weighted by Gasteiger charge is -2.34. The van der Waals surface area contributed by atoms with E-state index in [4.69, 9.17) is 0 Å². The summed E-state index contributed by atoms with van der Waals surface area (Å²) in [5.74, 6) is 0.676. The van der Waals surface area contributed by atoms with Gasteiger partial charge in [0, 0.05) is 45.5 Å². The van der Waals surface area contributed by atoms with Crippen molar-refractivity contribution in [1.29, 1.82) is 0 Å². The first-order chi connectivity index (χ1) is 13.6. The predicted molar refractivity (Wildman–Crippen MR) is 113 cm³/mol. The number of pyridine rings is 1. The van der Waals surface area contributed by atoms with E-state index in [0.29, 0.717) is 19.0 Å². The molecule has 0 spiro atoms. The summed E-state index contributed by atoms with van der Waals surface area (Å²) >= 11 is 0. The molecule has 1 fully saturated rings. The summed E-state index contributed by atoms with van der Waals surface area (Å²) in [5.41, 5.74) is 3.73. The van der Waals surface area contributed by atoms with Gasteiger partial charge in [-0.1, -0.05) is 44.2 Å². The van der Waals surface area contributed by atoms with Gasteiger partial charge >= 0.3 is 0 Å². The summed E-state index contributed by atoms with van der Waals surface area (Å²) in [7, 11) is 0. The van der Waals surface area contributed by atoms with Crippen LogP contribution in [0.1, 0.15) is 36.6 Å².